The van der Waals surface area contributed by atoms with Gasteiger partial charge in [0, 0.05) is 11.3 Å². The lowest BCUT2D eigenvalue weighted by molar-refractivity contribution is -0.160. The summed E-state index contributed by atoms with van der Waals surface area (Å²) in [5.74, 6) is -0.965. The Morgan fingerprint density at radius 2 is 2.15 bits per heavy atom. The summed E-state index contributed by atoms with van der Waals surface area (Å²) in [7, 11) is 0. The topological polar surface area (TPSA) is 83.8 Å². The Balaban J connectivity index is 2.02. The van der Waals surface area contributed by atoms with E-state index in [0.29, 0.717) is 12.8 Å². The predicted molar refractivity (Wildman–Crippen MR) is 69.5 cm³/mol. The van der Waals surface area contributed by atoms with Crippen LogP contribution in [0, 0.1) is 23.2 Å². The van der Waals surface area contributed by atoms with E-state index in [2.05, 4.69) is 0 Å². The molecule has 110 valence electrons. The van der Waals surface area contributed by atoms with Gasteiger partial charge in [-0.3, -0.25) is 4.79 Å². The van der Waals surface area contributed by atoms with Gasteiger partial charge >= 0.3 is 5.97 Å². The van der Waals surface area contributed by atoms with Gasteiger partial charge in [-0.25, -0.2) is 4.79 Å². The van der Waals surface area contributed by atoms with Crippen molar-refractivity contribution in [1.29, 1.82) is 0 Å². The van der Waals surface area contributed by atoms with Crippen molar-refractivity contribution < 1.29 is 24.5 Å². The van der Waals surface area contributed by atoms with Gasteiger partial charge in [0.25, 0.3) is 0 Å². The summed E-state index contributed by atoms with van der Waals surface area (Å²) in [6.07, 6.45) is 4.10. The standard InChI is InChI=1S/C15H20O5/c1-8-5-11-10(15(19,7-16)13(18)20-11)6-14(2)9(8)3-4-12(14)17/h3-4,8-11,16,19H,5-7H2,1-2H3. The molecule has 1 heterocycles. The molecule has 0 bridgehead atoms. The highest BCUT2D eigenvalue weighted by atomic mass is 16.6. The monoisotopic (exact) mass is 280 g/mol. The van der Waals surface area contributed by atoms with E-state index in [4.69, 9.17) is 4.74 Å². The van der Waals surface area contributed by atoms with E-state index < -0.39 is 35.6 Å². The molecule has 6 atom stereocenters. The van der Waals surface area contributed by atoms with Crippen molar-refractivity contribution in [3.05, 3.63) is 12.2 Å². The molecule has 5 heteroatoms. The molecular weight excluding hydrogens is 260 g/mol. The average Bonchev–Trinajstić information content (AvgIpc) is 2.76. The lowest BCUT2D eigenvalue weighted by Gasteiger charge is -2.34. The first-order valence-corrected chi connectivity index (χ1v) is 7.10. The predicted octanol–water partition coefficient (Wildman–Crippen LogP) is 0.443. The van der Waals surface area contributed by atoms with Crippen LogP contribution in [0.4, 0.5) is 0 Å². The van der Waals surface area contributed by atoms with E-state index in [-0.39, 0.29) is 17.6 Å². The molecule has 2 fully saturated rings. The third kappa shape index (κ3) is 1.56. The summed E-state index contributed by atoms with van der Waals surface area (Å²) in [6, 6.07) is 0. The van der Waals surface area contributed by atoms with Crippen LogP contribution >= 0.6 is 0 Å². The molecule has 20 heavy (non-hydrogen) atoms. The molecule has 6 unspecified atom stereocenters. The van der Waals surface area contributed by atoms with Gasteiger partial charge in [-0.15, -0.1) is 0 Å². The van der Waals surface area contributed by atoms with E-state index in [1.54, 1.807) is 6.08 Å². The zero-order chi connectivity index (χ0) is 14.7. The Labute approximate surface area is 117 Å². The van der Waals surface area contributed by atoms with Gasteiger partial charge in [0.15, 0.2) is 11.4 Å². The number of rotatable bonds is 1. The highest BCUT2D eigenvalue weighted by Gasteiger charge is 2.62. The second-order valence-electron chi connectivity index (χ2n) is 6.72. The van der Waals surface area contributed by atoms with E-state index >= 15 is 0 Å². The van der Waals surface area contributed by atoms with Crippen LogP contribution in [0.5, 0.6) is 0 Å². The number of allylic oxidation sites excluding steroid dienone is 2. The largest absolute Gasteiger partial charge is 0.460 e. The fourth-order valence-electron chi connectivity index (χ4n) is 4.26. The molecule has 0 aromatic rings. The lowest BCUT2D eigenvalue weighted by atomic mass is 9.68. The molecule has 3 aliphatic rings. The van der Waals surface area contributed by atoms with Crippen molar-refractivity contribution in [2.24, 2.45) is 23.2 Å². The summed E-state index contributed by atoms with van der Waals surface area (Å²) in [5.41, 5.74) is -2.48. The molecule has 5 nitrogen and oxygen atoms in total. The first-order valence-electron chi connectivity index (χ1n) is 7.10. The van der Waals surface area contributed by atoms with Gasteiger partial charge in [-0.1, -0.05) is 19.9 Å². The zero-order valence-corrected chi connectivity index (χ0v) is 11.7. The summed E-state index contributed by atoms with van der Waals surface area (Å²) >= 11 is 0. The quantitative estimate of drug-likeness (QED) is 0.681. The fourth-order valence-corrected chi connectivity index (χ4v) is 4.26. The van der Waals surface area contributed by atoms with Crippen LogP contribution in [-0.2, 0) is 14.3 Å². The van der Waals surface area contributed by atoms with Gasteiger partial charge in [0.2, 0.25) is 0 Å². The minimum absolute atomic E-state index is 0.0367. The van der Waals surface area contributed by atoms with Crippen molar-refractivity contribution in [3.8, 4) is 0 Å². The molecule has 0 amide bonds. The Bertz CT molecular complexity index is 498. The normalized spacial score (nSPS) is 50.6. The second kappa shape index (κ2) is 4.15. The second-order valence-corrected chi connectivity index (χ2v) is 6.72. The van der Waals surface area contributed by atoms with E-state index in [1.165, 1.54) is 0 Å². The molecule has 1 aliphatic heterocycles. The summed E-state index contributed by atoms with van der Waals surface area (Å²) in [6.45, 7) is 3.27. The summed E-state index contributed by atoms with van der Waals surface area (Å²) < 4.78 is 5.28. The number of esters is 1. The van der Waals surface area contributed by atoms with Crippen molar-refractivity contribution in [3.63, 3.8) is 0 Å². The smallest absolute Gasteiger partial charge is 0.341 e. The number of carbonyl (C=O) groups is 2. The zero-order valence-electron chi connectivity index (χ0n) is 11.7. The number of carbonyl (C=O) groups excluding carboxylic acids is 2. The van der Waals surface area contributed by atoms with E-state index in [9.17, 15) is 19.8 Å². The van der Waals surface area contributed by atoms with Gasteiger partial charge < -0.3 is 14.9 Å². The number of aliphatic hydroxyl groups is 2. The van der Waals surface area contributed by atoms with Gasteiger partial charge in [-0.05, 0) is 30.8 Å². The molecule has 1 saturated heterocycles. The third-order valence-electron chi connectivity index (χ3n) is 5.53. The van der Waals surface area contributed by atoms with Crippen molar-refractivity contribution >= 4 is 11.8 Å². The Hall–Kier alpha value is -1.20. The molecule has 2 aliphatic carbocycles. The van der Waals surface area contributed by atoms with Crippen LogP contribution in [0.2, 0.25) is 0 Å². The van der Waals surface area contributed by atoms with Crippen LogP contribution in [0.15, 0.2) is 12.2 Å². The molecular formula is C15H20O5. The van der Waals surface area contributed by atoms with Gasteiger partial charge in [-0.2, -0.15) is 0 Å². The van der Waals surface area contributed by atoms with Crippen LogP contribution in [-0.4, -0.2) is 40.3 Å². The maximum Gasteiger partial charge on any atom is 0.341 e. The number of aliphatic hydroxyl groups excluding tert-OH is 1. The minimum Gasteiger partial charge on any atom is -0.460 e. The first kappa shape index (κ1) is 13.8. The maximum atomic E-state index is 12.2. The number of ether oxygens (including phenoxy) is 1. The molecule has 2 N–H and O–H groups in total. The Kier molecular flexibility index (Phi) is 2.86. The highest BCUT2D eigenvalue weighted by Crippen LogP contribution is 2.53. The lowest BCUT2D eigenvalue weighted by Crippen LogP contribution is -2.48. The van der Waals surface area contributed by atoms with Gasteiger partial charge in [0.1, 0.15) is 6.10 Å². The highest BCUT2D eigenvalue weighted by molar-refractivity contribution is 5.97. The van der Waals surface area contributed by atoms with Crippen LogP contribution in [0.1, 0.15) is 26.7 Å². The van der Waals surface area contributed by atoms with Crippen LogP contribution in [0.3, 0.4) is 0 Å². The summed E-state index contributed by atoms with van der Waals surface area (Å²) in [5, 5.41) is 19.9. The van der Waals surface area contributed by atoms with E-state index in [1.807, 2.05) is 19.9 Å². The maximum absolute atomic E-state index is 12.2. The Morgan fingerprint density at radius 3 is 2.80 bits per heavy atom. The number of fused-ring (bicyclic) bond motifs is 2. The molecule has 0 aromatic carbocycles. The minimum atomic E-state index is -1.87. The number of ketones is 1. The number of hydrogen-bond donors (Lipinski definition) is 2. The van der Waals surface area contributed by atoms with Crippen molar-refractivity contribution in [2.45, 2.75) is 38.4 Å². The first-order chi connectivity index (χ1) is 9.33. The molecule has 1 saturated carbocycles. The molecule has 0 aromatic heterocycles. The van der Waals surface area contributed by atoms with Crippen molar-refractivity contribution in [2.75, 3.05) is 6.61 Å². The van der Waals surface area contributed by atoms with Crippen LogP contribution < -0.4 is 0 Å². The van der Waals surface area contributed by atoms with E-state index in [0.717, 1.165) is 0 Å². The third-order valence-corrected chi connectivity index (χ3v) is 5.53. The fraction of sp³-hybridized carbons (Fsp3) is 0.733. The molecule has 0 radical (unpaired) electrons. The molecule has 0 spiro atoms. The van der Waals surface area contributed by atoms with Gasteiger partial charge in [0.05, 0.1) is 6.61 Å². The Morgan fingerprint density at radius 1 is 1.45 bits per heavy atom. The van der Waals surface area contributed by atoms with Crippen LogP contribution in [0.25, 0.3) is 0 Å². The molecule has 3 rings (SSSR count). The SMILES string of the molecule is CC1CC2OC(=O)C(O)(CO)C2CC2(C)C(=O)C=CC12. The average molecular weight is 280 g/mol. The number of hydrogen-bond acceptors (Lipinski definition) is 5. The summed E-state index contributed by atoms with van der Waals surface area (Å²) in [4.78, 5) is 24.1. The van der Waals surface area contributed by atoms with Crippen molar-refractivity contribution in [1.82, 2.24) is 0 Å².